The van der Waals surface area contributed by atoms with Crippen LogP contribution in [0.4, 0.5) is 0 Å². The van der Waals surface area contributed by atoms with E-state index >= 15 is 0 Å². The number of nitrogens with one attached hydrogen (secondary N) is 2. The molecule has 0 aliphatic carbocycles. The molecule has 2 N–H and O–H groups in total. The first-order valence-corrected chi connectivity index (χ1v) is 8.28. The lowest BCUT2D eigenvalue weighted by atomic mass is 10.2. The summed E-state index contributed by atoms with van der Waals surface area (Å²) >= 11 is 1.68. The predicted octanol–water partition coefficient (Wildman–Crippen LogP) is 3.45. The second-order valence-electron chi connectivity index (χ2n) is 5.37. The average Bonchev–Trinajstić information content (AvgIpc) is 2.97. The molecule has 2 aromatic rings. The van der Waals surface area contributed by atoms with Gasteiger partial charge in [0.25, 0.3) is 0 Å². The summed E-state index contributed by atoms with van der Waals surface area (Å²) in [5.41, 5.74) is 3.17. The molecule has 0 amide bonds. The number of nitrogens with zero attached hydrogens (tertiary/aromatic N) is 3. The molecule has 0 bridgehead atoms. The molecule has 0 saturated carbocycles. The average molecular weight is 445 g/mol. The van der Waals surface area contributed by atoms with Crippen LogP contribution < -0.4 is 10.6 Å². The van der Waals surface area contributed by atoms with Gasteiger partial charge in [0, 0.05) is 18.1 Å². The first kappa shape index (κ1) is 19.8. The number of hydrogen-bond donors (Lipinski definition) is 2. The van der Waals surface area contributed by atoms with Gasteiger partial charge in [0.15, 0.2) is 5.96 Å². The fraction of sp³-hybridized carbons (Fsp3) is 0.438. The summed E-state index contributed by atoms with van der Waals surface area (Å²) in [4.78, 5) is 13.3. The summed E-state index contributed by atoms with van der Waals surface area (Å²) in [6, 6.07) is 6.01. The number of halogens is 1. The van der Waals surface area contributed by atoms with Crippen molar-refractivity contribution < 1.29 is 0 Å². The number of aryl methyl sites for hydroxylation is 1. The number of thiazole rings is 1. The first-order chi connectivity index (χ1) is 10.6. The van der Waals surface area contributed by atoms with Crippen molar-refractivity contribution in [3.63, 3.8) is 0 Å². The fourth-order valence-electron chi connectivity index (χ4n) is 1.92. The summed E-state index contributed by atoms with van der Waals surface area (Å²) in [6.07, 6.45) is 0. The largest absolute Gasteiger partial charge is 0.351 e. The summed E-state index contributed by atoms with van der Waals surface area (Å²) < 4.78 is 0. The fourth-order valence-corrected chi connectivity index (χ4v) is 2.82. The SMILES string of the molecule is CN=C(NCc1cccc(C)n1)NCc1nc(C(C)C)cs1.I. The molecule has 0 radical (unpaired) electrons. The van der Waals surface area contributed by atoms with Crippen LogP contribution >= 0.6 is 35.3 Å². The maximum Gasteiger partial charge on any atom is 0.191 e. The Bertz CT molecular complexity index is 639. The van der Waals surface area contributed by atoms with E-state index in [0.29, 0.717) is 19.0 Å². The molecule has 0 aromatic carbocycles. The number of hydrogen-bond acceptors (Lipinski definition) is 4. The maximum atomic E-state index is 4.61. The van der Waals surface area contributed by atoms with Gasteiger partial charge in [-0.05, 0) is 25.0 Å². The summed E-state index contributed by atoms with van der Waals surface area (Å²) in [7, 11) is 1.76. The third kappa shape index (κ3) is 6.42. The Morgan fingerprint density at radius 1 is 1.22 bits per heavy atom. The van der Waals surface area contributed by atoms with E-state index < -0.39 is 0 Å². The second kappa shape index (κ2) is 9.82. The Labute approximate surface area is 159 Å². The number of guanidine groups is 1. The van der Waals surface area contributed by atoms with Crippen molar-refractivity contribution in [2.75, 3.05) is 7.05 Å². The Morgan fingerprint density at radius 3 is 2.57 bits per heavy atom. The van der Waals surface area contributed by atoms with Crippen molar-refractivity contribution in [2.45, 2.75) is 39.8 Å². The van der Waals surface area contributed by atoms with Crippen LogP contribution in [0.5, 0.6) is 0 Å². The van der Waals surface area contributed by atoms with Gasteiger partial charge in [-0.25, -0.2) is 4.98 Å². The third-order valence-corrected chi connectivity index (χ3v) is 4.04. The molecule has 0 unspecified atom stereocenters. The molecule has 5 nitrogen and oxygen atoms in total. The highest BCUT2D eigenvalue weighted by atomic mass is 127. The number of pyridine rings is 1. The van der Waals surface area contributed by atoms with E-state index in [1.807, 2.05) is 25.1 Å². The zero-order chi connectivity index (χ0) is 15.9. The zero-order valence-electron chi connectivity index (χ0n) is 14.0. The van der Waals surface area contributed by atoms with E-state index in [2.05, 4.69) is 44.8 Å². The molecule has 0 spiro atoms. The number of aromatic nitrogens is 2. The molecular formula is C16H24IN5S. The van der Waals surface area contributed by atoms with Gasteiger partial charge in [0.2, 0.25) is 0 Å². The van der Waals surface area contributed by atoms with Crippen molar-refractivity contribution in [3.05, 3.63) is 45.7 Å². The molecule has 2 heterocycles. The molecule has 0 aliphatic rings. The van der Waals surface area contributed by atoms with E-state index in [1.165, 1.54) is 0 Å². The molecular weight excluding hydrogens is 421 g/mol. The summed E-state index contributed by atoms with van der Waals surface area (Å²) in [5, 5.41) is 9.74. The van der Waals surface area contributed by atoms with Crippen LogP contribution in [0, 0.1) is 6.92 Å². The van der Waals surface area contributed by atoms with Crippen LogP contribution in [0.15, 0.2) is 28.6 Å². The monoisotopic (exact) mass is 445 g/mol. The van der Waals surface area contributed by atoms with Crippen molar-refractivity contribution in [2.24, 2.45) is 4.99 Å². The third-order valence-electron chi connectivity index (χ3n) is 3.17. The molecule has 0 saturated heterocycles. The molecule has 2 aromatic heterocycles. The van der Waals surface area contributed by atoms with Gasteiger partial charge in [-0.2, -0.15) is 0 Å². The smallest absolute Gasteiger partial charge is 0.191 e. The molecule has 2 rings (SSSR count). The molecule has 7 heteroatoms. The summed E-state index contributed by atoms with van der Waals surface area (Å²) in [6.45, 7) is 7.63. The van der Waals surface area contributed by atoms with Crippen LogP contribution in [0.1, 0.15) is 41.9 Å². The van der Waals surface area contributed by atoms with Crippen molar-refractivity contribution in [3.8, 4) is 0 Å². The lowest BCUT2D eigenvalue weighted by Crippen LogP contribution is -2.36. The van der Waals surface area contributed by atoms with Crippen molar-refractivity contribution in [1.29, 1.82) is 0 Å². The maximum absolute atomic E-state index is 4.61. The minimum absolute atomic E-state index is 0. The number of rotatable bonds is 5. The van der Waals surface area contributed by atoms with Gasteiger partial charge < -0.3 is 10.6 Å². The standard InChI is InChI=1S/C16H23N5S.HI/c1-11(2)14-10-22-15(21-14)9-19-16(17-4)18-8-13-7-5-6-12(3)20-13;/h5-7,10-11H,8-9H2,1-4H3,(H2,17,18,19);1H. The van der Waals surface area contributed by atoms with E-state index in [1.54, 1.807) is 18.4 Å². The highest BCUT2D eigenvalue weighted by Gasteiger charge is 2.06. The van der Waals surface area contributed by atoms with Crippen LogP contribution in [0.3, 0.4) is 0 Å². The normalized spacial score (nSPS) is 11.3. The zero-order valence-corrected chi connectivity index (χ0v) is 17.1. The second-order valence-corrected chi connectivity index (χ2v) is 6.31. The topological polar surface area (TPSA) is 62.2 Å². The van der Waals surface area contributed by atoms with E-state index in [4.69, 9.17) is 0 Å². The Hall–Kier alpha value is -1.22. The van der Waals surface area contributed by atoms with Gasteiger partial charge in [0.1, 0.15) is 5.01 Å². The van der Waals surface area contributed by atoms with Gasteiger partial charge in [-0.3, -0.25) is 9.98 Å². The Morgan fingerprint density at radius 2 is 1.96 bits per heavy atom. The minimum Gasteiger partial charge on any atom is -0.351 e. The molecule has 23 heavy (non-hydrogen) atoms. The lowest BCUT2D eigenvalue weighted by molar-refractivity contribution is 0.776. The Kier molecular flexibility index (Phi) is 8.46. The van der Waals surface area contributed by atoms with Crippen LogP contribution in [-0.4, -0.2) is 23.0 Å². The number of aliphatic imine (C=N–C) groups is 1. The Balaban J connectivity index is 0.00000264. The van der Waals surface area contributed by atoms with Crippen molar-refractivity contribution in [1.82, 2.24) is 20.6 Å². The van der Waals surface area contributed by atoms with Crippen LogP contribution in [0.2, 0.25) is 0 Å². The molecule has 126 valence electrons. The summed E-state index contributed by atoms with van der Waals surface area (Å²) in [5.74, 6) is 1.22. The minimum atomic E-state index is 0. The van der Waals surface area contributed by atoms with Gasteiger partial charge in [0.05, 0.1) is 24.5 Å². The van der Waals surface area contributed by atoms with E-state index in [0.717, 1.165) is 28.0 Å². The quantitative estimate of drug-likeness (QED) is 0.421. The van der Waals surface area contributed by atoms with Crippen LogP contribution in [0.25, 0.3) is 0 Å². The van der Waals surface area contributed by atoms with Gasteiger partial charge >= 0.3 is 0 Å². The van der Waals surface area contributed by atoms with Crippen molar-refractivity contribution >= 4 is 41.3 Å². The molecule has 0 atom stereocenters. The predicted molar refractivity (Wildman–Crippen MR) is 108 cm³/mol. The molecule has 0 aliphatic heterocycles. The van der Waals surface area contributed by atoms with Gasteiger partial charge in [-0.15, -0.1) is 35.3 Å². The lowest BCUT2D eigenvalue weighted by Gasteiger charge is -2.10. The van der Waals surface area contributed by atoms with Crippen LogP contribution in [-0.2, 0) is 13.1 Å². The van der Waals surface area contributed by atoms with Gasteiger partial charge in [-0.1, -0.05) is 19.9 Å². The highest BCUT2D eigenvalue weighted by Crippen LogP contribution is 2.17. The van der Waals surface area contributed by atoms with E-state index in [9.17, 15) is 0 Å². The first-order valence-electron chi connectivity index (χ1n) is 7.40. The highest BCUT2D eigenvalue weighted by molar-refractivity contribution is 14.0. The molecule has 0 fully saturated rings. The van der Waals surface area contributed by atoms with E-state index in [-0.39, 0.29) is 24.0 Å².